The van der Waals surface area contributed by atoms with E-state index in [1.807, 2.05) is 27.7 Å². The SMILES string of the molecule is CC(C)CC(=O)N[C@H](c1nnc(S(=O)(=O)Cc2ccccc2F)o1)C(C)C. The van der Waals surface area contributed by atoms with Crippen molar-refractivity contribution < 1.29 is 22.0 Å². The summed E-state index contributed by atoms with van der Waals surface area (Å²) in [6, 6.07) is 4.98. The first-order valence-corrected chi connectivity index (χ1v) is 10.3. The fourth-order valence-corrected chi connectivity index (χ4v) is 3.61. The van der Waals surface area contributed by atoms with Crippen molar-refractivity contribution >= 4 is 15.7 Å². The lowest BCUT2D eigenvalue weighted by Crippen LogP contribution is -2.32. The number of hydrogen-bond donors (Lipinski definition) is 1. The van der Waals surface area contributed by atoms with Crippen LogP contribution >= 0.6 is 0 Å². The highest BCUT2D eigenvalue weighted by atomic mass is 32.2. The molecule has 0 unspecified atom stereocenters. The molecule has 1 atom stereocenters. The highest BCUT2D eigenvalue weighted by Gasteiger charge is 2.29. The van der Waals surface area contributed by atoms with Crippen molar-refractivity contribution in [3.05, 3.63) is 41.5 Å². The number of halogens is 1. The number of carbonyl (C=O) groups excluding carboxylic acids is 1. The molecule has 0 fully saturated rings. The number of rotatable bonds is 8. The molecule has 0 saturated carbocycles. The number of aromatic nitrogens is 2. The molecule has 1 aromatic heterocycles. The first kappa shape index (κ1) is 21.0. The van der Waals surface area contributed by atoms with Gasteiger partial charge >= 0.3 is 5.22 Å². The zero-order valence-corrected chi connectivity index (χ0v) is 16.6. The van der Waals surface area contributed by atoms with Gasteiger partial charge in [-0.15, -0.1) is 5.10 Å². The van der Waals surface area contributed by atoms with Crippen molar-refractivity contribution in [2.24, 2.45) is 11.8 Å². The Morgan fingerprint density at radius 3 is 2.44 bits per heavy atom. The number of nitrogens with zero attached hydrogens (tertiary/aromatic N) is 2. The summed E-state index contributed by atoms with van der Waals surface area (Å²) < 4.78 is 44.0. The first-order chi connectivity index (χ1) is 12.6. The highest BCUT2D eigenvalue weighted by Crippen LogP contribution is 2.24. The van der Waals surface area contributed by atoms with E-state index in [1.165, 1.54) is 18.2 Å². The van der Waals surface area contributed by atoms with Gasteiger partial charge in [-0.05, 0) is 17.9 Å². The molecule has 0 saturated heterocycles. The van der Waals surface area contributed by atoms with Crippen LogP contribution in [0.15, 0.2) is 33.9 Å². The molecule has 1 aromatic carbocycles. The summed E-state index contributed by atoms with van der Waals surface area (Å²) in [5.74, 6) is -1.30. The van der Waals surface area contributed by atoms with E-state index in [0.29, 0.717) is 6.42 Å². The van der Waals surface area contributed by atoms with Crippen molar-refractivity contribution in [2.45, 2.75) is 51.1 Å². The van der Waals surface area contributed by atoms with E-state index in [4.69, 9.17) is 4.42 Å². The van der Waals surface area contributed by atoms with E-state index in [9.17, 15) is 17.6 Å². The second kappa shape index (κ2) is 8.60. The van der Waals surface area contributed by atoms with Gasteiger partial charge in [0, 0.05) is 12.0 Å². The molecule has 2 rings (SSSR count). The molecule has 0 aliphatic rings. The normalized spacial score (nSPS) is 13.1. The number of benzene rings is 1. The summed E-state index contributed by atoms with van der Waals surface area (Å²) in [6.45, 7) is 7.53. The Morgan fingerprint density at radius 2 is 1.85 bits per heavy atom. The molecule has 0 spiro atoms. The van der Waals surface area contributed by atoms with E-state index < -0.39 is 32.7 Å². The molecule has 9 heteroatoms. The summed E-state index contributed by atoms with van der Waals surface area (Å²) in [5.41, 5.74) is 0.0166. The van der Waals surface area contributed by atoms with E-state index in [-0.39, 0.29) is 29.2 Å². The standard InChI is InChI=1S/C18H24FN3O4S/c1-11(2)9-15(23)20-16(12(3)4)17-21-22-18(26-17)27(24,25)10-13-7-5-6-8-14(13)19/h5-8,11-12,16H,9-10H2,1-4H3,(H,20,23)/t16-/m0/s1. The van der Waals surface area contributed by atoms with Crippen LogP contribution < -0.4 is 5.32 Å². The Kier molecular flexibility index (Phi) is 6.69. The maximum atomic E-state index is 13.7. The largest absolute Gasteiger partial charge is 0.410 e. The molecule has 1 heterocycles. The Morgan fingerprint density at radius 1 is 1.19 bits per heavy atom. The van der Waals surface area contributed by atoms with Gasteiger partial charge in [-0.1, -0.05) is 51.0 Å². The van der Waals surface area contributed by atoms with Gasteiger partial charge in [0.2, 0.25) is 21.6 Å². The third kappa shape index (κ3) is 5.59. The Labute approximate surface area is 158 Å². The quantitative estimate of drug-likeness (QED) is 0.734. The van der Waals surface area contributed by atoms with Crippen molar-refractivity contribution in [3.63, 3.8) is 0 Å². The Hall–Kier alpha value is -2.29. The van der Waals surface area contributed by atoms with Gasteiger partial charge in [-0.3, -0.25) is 4.79 Å². The third-order valence-corrected chi connectivity index (χ3v) is 5.22. The zero-order valence-electron chi connectivity index (χ0n) is 15.8. The molecule has 27 heavy (non-hydrogen) atoms. The topological polar surface area (TPSA) is 102 Å². The van der Waals surface area contributed by atoms with Crippen LogP contribution in [0.4, 0.5) is 4.39 Å². The van der Waals surface area contributed by atoms with E-state index in [2.05, 4.69) is 15.5 Å². The molecule has 7 nitrogen and oxygen atoms in total. The lowest BCUT2D eigenvalue weighted by Gasteiger charge is -2.19. The smallest absolute Gasteiger partial charge is 0.335 e. The summed E-state index contributed by atoms with van der Waals surface area (Å²) in [5, 5.41) is 9.61. The molecule has 0 aliphatic carbocycles. The molecule has 0 bridgehead atoms. The summed E-state index contributed by atoms with van der Waals surface area (Å²) in [7, 11) is -4.01. The van der Waals surface area contributed by atoms with Gasteiger partial charge in [-0.25, -0.2) is 12.8 Å². The number of nitrogens with one attached hydrogen (secondary N) is 1. The minimum atomic E-state index is -4.01. The van der Waals surface area contributed by atoms with Gasteiger partial charge in [0.05, 0.1) is 5.75 Å². The number of sulfone groups is 1. The van der Waals surface area contributed by atoms with Crippen LogP contribution in [0.3, 0.4) is 0 Å². The van der Waals surface area contributed by atoms with Crippen LogP contribution in [0.1, 0.15) is 51.6 Å². The molecule has 2 aromatic rings. The predicted octanol–water partition coefficient (Wildman–Crippen LogP) is 3.04. The van der Waals surface area contributed by atoms with Gasteiger partial charge in [-0.2, -0.15) is 0 Å². The molecule has 1 N–H and O–H groups in total. The summed E-state index contributed by atoms with van der Waals surface area (Å²) >= 11 is 0. The Balaban J connectivity index is 2.22. The van der Waals surface area contributed by atoms with E-state index >= 15 is 0 Å². The fourth-order valence-electron chi connectivity index (χ4n) is 2.47. The molecular weight excluding hydrogens is 373 g/mol. The van der Waals surface area contributed by atoms with Gasteiger partial charge in [0.25, 0.3) is 0 Å². The number of amides is 1. The molecule has 148 valence electrons. The third-order valence-electron chi connectivity index (χ3n) is 3.83. The van der Waals surface area contributed by atoms with Crippen LogP contribution in [-0.4, -0.2) is 24.5 Å². The zero-order chi connectivity index (χ0) is 20.2. The summed E-state index contributed by atoms with van der Waals surface area (Å²) in [6.07, 6.45) is 0.329. The van der Waals surface area contributed by atoms with Crippen molar-refractivity contribution in [3.8, 4) is 0 Å². The highest BCUT2D eigenvalue weighted by molar-refractivity contribution is 7.90. The number of carbonyl (C=O) groups is 1. The lowest BCUT2D eigenvalue weighted by atomic mass is 10.0. The maximum Gasteiger partial charge on any atom is 0.335 e. The average Bonchev–Trinajstić information content (AvgIpc) is 3.04. The molecule has 0 radical (unpaired) electrons. The predicted molar refractivity (Wildman–Crippen MR) is 96.8 cm³/mol. The average molecular weight is 397 g/mol. The van der Waals surface area contributed by atoms with Gasteiger partial charge in [0.15, 0.2) is 0 Å². The van der Waals surface area contributed by atoms with Crippen molar-refractivity contribution in [1.29, 1.82) is 0 Å². The minimum absolute atomic E-state index is 0.00853. The Bertz CT molecular complexity index is 894. The van der Waals surface area contributed by atoms with Crippen LogP contribution in [0.2, 0.25) is 0 Å². The second-order valence-electron chi connectivity index (χ2n) is 7.14. The van der Waals surface area contributed by atoms with Crippen molar-refractivity contribution in [1.82, 2.24) is 15.5 Å². The molecular formula is C18H24FN3O4S. The lowest BCUT2D eigenvalue weighted by molar-refractivity contribution is -0.123. The van der Waals surface area contributed by atoms with Crippen molar-refractivity contribution in [2.75, 3.05) is 0 Å². The first-order valence-electron chi connectivity index (χ1n) is 8.69. The number of hydrogen-bond acceptors (Lipinski definition) is 6. The summed E-state index contributed by atoms with van der Waals surface area (Å²) in [4.78, 5) is 12.1. The minimum Gasteiger partial charge on any atom is -0.410 e. The fraction of sp³-hybridized carbons (Fsp3) is 0.500. The van der Waals surface area contributed by atoms with Crippen LogP contribution in [0.25, 0.3) is 0 Å². The maximum absolute atomic E-state index is 13.7. The van der Waals surface area contributed by atoms with Gasteiger partial charge < -0.3 is 9.73 Å². The van der Waals surface area contributed by atoms with Crippen LogP contribution in [0, 0.1) is 17.7 Å². The molecule has 1 amide bonds. The molecule has 0 aliphatic heterocycles. The second-order valence-corrected chi connectivity index (χ2v) is 9.01. The van der Waals surface area contributed by atoms with E-state index in [0.717, 1.165) is 0 Å². The van der Waals surface area contributed by atoms with Crippen LogP contribution in [-0.2, 0) is 20.4 Å². The van der Waals surface area contributed by atoms with Gasteiger partial charge in [0.1, 0.15) is 11.9 Å². The monoisotopic (exact) mass is 397 g/mol. The van der Waals surface area contributed by atoms with Crippen LogP contribution in [0.5, 0.6) is 0 Å². The van der Waals surface area contributed by atoms with E-state index in [1.54, 1.807) is 6.07 Å².